The maximum absolute atomic E-state index is 13.7. The number of hydrogen-bond donors (Lipinski definition) is 0. The summed E-state index contributed by atoms with van der Waals surface area (Å²) in [5, 5.41) is 0.357. The number of methoxy groups -OCH3 is 1. The monoisotopic (exact) mass is 472 g/mol. The van der Waals surface area contributed by atoms with Crippen LogP contribution in [0.5, 0.6) is 0 Å². The number of furan rings is 1. The average Bonchev–Trinajstić information content (AvgIpc) is 3.14. The molecular formula is C23H24N2O7S. The molecule has 174 valence electrons. The van der Waals surface area contributed by atoms with E-state index in [-0.39, 0.29) is 29.2 Å². The predicted molar refractivity (Wildman–Crippen MR) is 121 cm³/mol. The smallest absolute Gasteiger partial charge is 0.342 e. The van der Waals surface area contributed by atoms with Gasteiger partial charge in [0.25, 0.3) is 10.0 Å². The minimum Gasteiger partial charge on any atom is -0.465 e. The average molecular weight is 473 g/mol. The summed E-state index contributed by atoms with van der Waals surface area (Å²) in [5.41, 5.74) is 1.53. The van der Waals surface area contributed by atoms with Gasteiger partial charge in [0.15, 0.2) is 0 Å². The van der Waals surface area contributed by atoms with Crippen LogP contribution in [0.3, 0.4) is 0 Å². The van der Waals surface area contributed by atoms with E-state index in [4.69, 9.17) is 13.9 Å². The van der Waals surface area contributed by atoms with E-state index in [0.29, 0.717) is 29.9 Å². The van der Waals surface area contributed by atoms with Gasteiger partial charge in [-0.2, -0.15) is 4.31 Å². The normalized spacial score (nSPS) is 14.3. The summed E-state index contributed by atoms with van der Waals surface area (Å²) in [6, 6.07) is 10.0. The number of rotatable bonds is 4. The molecule has 3 aromatic rings. The highest BCUT2D eigenvalue weighted by Gasteiger charge is 2.35. The summed E-state index contributed by atoms with van der Waals surface area (Å²) in [6.45, 7) is 4.62. The lowest BCUT2D eigenvalue weighted by molar-refractivity contribution is 0.0557. The molecule has 2 amide bonds. The van der Waals surface area contributed by atoms with Crippen molar-refractivity contribution in [3.05, 3.63) is 59.4 Å². The van der Waals surface area contributed by atoms with Crippen LogP contribution in [-0.2, 0) is 19.5 Å². The van der Waals surface area contributed by atoms with Crippen molar-refractivity contribution >= 4 is 38.7 Å². The first-order chi connectivity index (χ1) is 15.7. The summed E-state index contributed by atoms with van der Waals surface area (Å²) in [4.78, 5) is 27.2. The molecule has 1 aromatic heterocycles. The number of hydrogen-bond acceptors (Lipinski definition) is 7. The molecule has 0 aliphatic carbocycles. The SMILES string of the molecule is COC(=O)c1c(C)oc2ccc(N(C(=O)N3CCOCC3)S(=O)(=O)c3ccc(C)cc3)cc12. The van der Waals surface area contributed by atoms with E-state index in [2.05, 4.69) is 0 Å². The summed E-state index contributed by atoms with van der Waals surface area (Å²) in [5.74, 6) is -0.280. The second-order valence-electron chi connectivity index (χ2n) is 7.67. The fourth-order valence-corrected chi connectivity index (χ4v) is 5.14. The van der Waals surface area contributed by atoms with Gasteiger partial charge in [0.05, 0.1) is 30.9 Å². The minimum absolute atomic E-state index is 0.0219. The molecule has 33 heavy (non-hydrogen) atoms. The third-order valence-corrected chi connectivity index (χ3v) is 7.20. The molecule has 0 saturated carbocycles. The molecule has 0 atom stereocenters. The second kappa shape index (κ2) is 8.87. The zero-order valence-electron chi connectivity index (χ0n) is 18.5. The molecule has 2 aromatic carbocycles. The second-order valence-corrected chi connectivity index (χ2v) is 9.46. The Hall–Kier alpha value is -3.37. The number of urea groups is 1. The van der Waals surface area contributed by atoms with Gasteiger partial charge in [-0.15, -0.1) is 0 Å². The van der Waals surface area contributed by atoms with Crippen LogP contribution in [0.25, 0.3) is 11.0 Å². The Bertz CT molecular complexity index is 1310. The van der Waals surface area contributed by atoms with Crippen molar-refractivity contribution in [1.82, 2.24) is 4.90 Å². The number of fused-ring (bicyclic) bond motifs is 1. The molecule has 10 heteroatoms. The van der Waals surface area contributed by atoms with E-state index in [9.17, 15) is 18.0 Å². The van der Waals surface area contributed by atoms with E-state index in [1.54, 1.807) is 19.1 Å². The summed E-state index contributed by atoms with van der Waals surface area (Å²) >= 11 is 0. The fraction of sp³-hybridized carbons (Fsp3) is 0.304. The largest absolute Gasteiger partial charge is 0.465 e. The van der Waals surface area contributed by atoms with Crippen LogP contribution in [0.2, 0.25) is 0 Å². The molecule has 4 rings (SSSR count). The first-order valence-corrected chi connectivity index (χ1v) is 11.8. The van der Waals surface area contributed by atoms with Crippen molar-refractivity contribution in [3.8, 4) is 0 Å². The van der Waals surface area contributed by atoms with Crippen LogP contribution in [0.1, 0.15) is 21.7 Å². The number of aryl methyl sites for hydroxylation is 2. The molecule has 0 unspecified atom stereocenters. The Balaban J connectivity index is 1.89. The summed E-state index contributed by atoms with van der Waals surface area (Å²) < 4.78 is 43.9. The van der Waals surface area contributed by atoms with E-state index >= 15 is 0 Å². The third kappa shape index (κ3) is 4.19. The number of morpholine rings is 1. The molecule has 0 bridgehead atoms. The topological polar surface area (TPSA) is 106 Å². The lowest BCUT2D eigenvalue weighted by Crippen LogP contribution is -2.50. The van der Waals surface area contributed by atoms with Gasteiger partial charge in [-0.25, -0.2) is 18.0 Å². The molecule has 9 nitrogen and oxygen atoms in total. The molecule has 0 spiro atoms. The first kappa shape index (κ1) is 22.8. The number of amides is 2. The Labute approximate surface area is 191 Å². The molecule has 1 aliphatic heterocycles. The molecule has 0 radical (unpaired) electrons. The van der Waals surface area contributed by atoms with Crippen LogP contribution < -0.4 is 4.31 Å². The Kier molecular flexibility index (Phi) is 6.13. The highest BCUT2D eigenvalue weighted by molar-refractivity contribution is 7.93. The minimum atomic E-state index is -4.27. The zero-order valence-corrected chi connectivity index (χ0v) is 19.3. The van der Waals surface area contributed by atoms with E-state index in [1.807, 2.05) is 6.92 Å². The van der Waals surface area contributed by atoms with Gasteiger partial charge in [0.1, 0.15) is 16.9 Å². The molecule has 1 fully saturated rings. The van der Waals surface area contributed by atoms with Crippen molar-refractivity contribution in [2.24, 2.45) is 0 Å². The number of ether oxygens (including phenoxy) is 2. The lowest BCUT2D eigenvalue weighted by atomic mass is 10.1. The van der Waals surface area contributed by atoms with Crippen molar-refractivity contribution in [2.75, 3.05) is 37.7 Å². The number of carbonyl (C=O) groups excluding carboxylic acids is 2. The summed E-state index contributed by atoms with van der Waals surface area (Å²) in [6.07, 6.45) is 0. The highest BCUT2D eigenvalue weighted by Crippen LogP contribution is 2.33. The maximum Gasteiger partial charge on any atom is 0.342 e. The number of carbonyl (C=O) groups is 2. The molecule has 1 saturated heterocycles. The fourth-order valence-electron chi connectivity index (χ4n) is 3.74. The van der Waals surface area contributed by atoms with Gasteiger partial charge < -0.3 is 18.8 Å². The van der Waals surface area contributed by atoms with E-state index in [1.165, 1.54) is 42.3 Å². The first-order valence-electron chi connectivity index (χ1n) is 10.3. The molecule has 2 heterocycles. The Morgan fingerprint density at radius 1 is 1.03 bits per heavy atom. The van der Waals surface area contributed by atoms with Gasteiger partial charge >= 0.3 is 12.0 Å². The van der Waals surface area contributed by atoms with Crippen molar-refractivity contribution in [3.63, 3.8) is 0 Å². The lowest BCUT2D eigenvalue weighted by Gasteiger charge is -2.32. The number of esters is 1. The molecule has 0 N–H and O–H groups in total. The molecular weight excluding hydrogens is 448 g/mol. The number of sulfonamides is 1. The van der Waals surface area contributed by atoms with Crippen molar-refractivity contribution < 1.29 is 31.9 Å². The Morgan fingerprint density at radius 3 is 2.33 bits per heavy atom. The summed E-state index contributed by atoms with van der Waals surface area (Å²) in [7, 11) is -3.01. The van der Waals surface area contributed by atoms with Crippen molar-refractivity contribution in [1.29, 1.82) is 0 Å². The standard InChI is InChI=1S/C23H24N2O7S/c1-15-4-7-18(8-5-15)33(28,29)25(23(27)24-10-12-31-13-11-24)17-6-9-20-19(14-17)21(16(2)32-20)22(26)30-3/h4-9,14H,10-13H2,1-3H3. The van der Waals surface area contributed by atoms with Crippen LogP contribution >= 0.6 is 0 Å². The third-order valence-electron chi connectivity index (χ3n) is 5.49. The number of nitrogens with zero attached hydrogens (tertiary/aromatic N) is 2. The predicted octanol–water partition coefficient (Wildman–Crippen LogP) is 3.48. The van der Waals surface area contributed by atoms with Crippen LogP contribution in [0.15, 0.2) is 51.8 Å². The number of benzene rings is 2. The zero-order chi connectivity index (χ0) is 23.8. The molecule has 1 aliphatic rings. The van der Waals surface area contributed by atoms with Gasteiger partial charge in [-0.3, -0.25) is 0 Å². The van der Waals surface area contributed by atoms with Crippen LogP contribution in [0.4, 0.5) is 10.5 Å². The number of anilines is 1. The highest BCUT2D eigenvalue weighted by atomic mass is 32.2. The van der Waals surface area contributed by atoms with Gasteiger partial charge in [0.2, 0.25) is 0 Å². The Morgan fingerprint density at radius 2 is 1.70 bits per heavy atom. The quantitative estimate of drug-likeness (QED) is 0.535. The van der Waals surface area contributed by atoms with Gasteiger partial charge in [-0.05, 0) is 44.2 Å². The van der Waals surface area contributed by atoms with E-state index in [0.717, 1.165) is 9.87 Å². The maximum atomic E-state index is 13.7. The van der Waals surface area contributed by atoms with Crippen LogP contribution in [0, 0.1) is 13.8 Å². The van der Waals surface area contributed by atoms with Gasteiger partial charge in [0, 0.05) is 18.5 Å². The van der Waals surface area contributed by atoms with Crippen molar-refractivity contribution in [2.45, 2.75) is 18.7 Å². The van der Waals surface area contributed by atoms with Gasteiger partial charge in [-0.1, -0.05) is 17.7 Å². The van der Waals surface area contributed by atoms with Crippen LogP contribution in [-0.4, -0.2) is 58.7 Å². The van der Waals surface area contributed by atoms with E-state index < -0.39 is 22.0 Å².